The lowest BCUT2D eigenvalue weighted by Crippen LogP contribution is -2.28. The molecule has 0 amide bonds. The molecule has 1 unspecified atom stereocenters. The lowest BCUT2D eigenvalue weighted by Gasteiger charge is -2.15. The van der Waals surface area contributed by atoms with Crippen LogP contribution in [0.5, 0.6) is 0 Å². The molecular weight excluding hydrogens is 536 g/mol. The topological polar surface area (TPSA) is 72.8 Å². The average Bonchev–Trinajstić information content (AvgIpc) is 3.01. The average molecular weight is 601 g/mol. The van der Waals surface area contributed by atoms with Crippen molar-refractivity contribution in [2.75, 3.05) is 13.2 Å². The number of rotatable bonds is 30. The maximum absolute atomic E-state index is 12.1. The van der Waals surface area contributed by atoms with Crippen LogP contribution < -0.4 is 0 Å². The van der Waals surface area contributed by atoms with Gasteiger partial charge in [0.2, 0.25) is 0 Å². The van der Waals surface area contributed by atoms with Crippen molar-refractivity contribution in [1.29, 1.82) is 0 Å². The molecule has 0 fully saturated rings. The minimum absolute atomic E-state index is 0.0899. The predicted molar refractivity (Wildman–Crippen MR) is 182 cm³/mol. The first kappa shape index (κ1) is 40.6. The largest absolute Gasteiger partial charge is 0.462 e. The van der Waals surface area contributed by atoms with Crippen LogP contribution in [0.2, 0.25) is 0 Å². The molecule has 0 aliphatic heterocycles. The van der Waals surface area contributed by atoms with Crippen LogP contribution in [-0.2, 0) is 19.1 Å². The Bertz CT molecular complexity index is 777. The predicted octanol–water partition coefficient (Wildman–Crippen LogP) is 10.4. The van der Waals surface area contributed by atoms with E-state index < -0.39 is 6.10 Å². The minimum atomic E-state index is -0.794. The zero-order valence-electron chi connectivity index (χ0n) is 27.7. The summed E-state index contributed by atoms with van der Waals surface area (Å²) in [6.45, 7) is 3.93. The molecule has 0 aromatic carbocycles. The van der Waals surface area contributed by atoms with E-state index in [0.29, 0.717) is 12.8 Å². The first-order valence-corrected chi connectivity index (χ1v) is 17.4. The molecule has 0 heterocycles. The molecule has 1 N–H and O–H groups in total. The summed E-state index contributed by atoms with van der Waals surface area (Å²) < 4.78 is 10.5. The molecule has 0 saturated heterocycles. The Hall–Kier alpha value is -2.40. The summed E-state index contributed by atoms with van der Waals surface area (Å²) in [6, 6.07) is 0. The van der Waals surface area contributed by atoms with Gasteiger partial charge < -0.3 is 14.6 Å². The van der Waals surface area contributed by atoms with E-state index >= 15 is 0 Å². The highest BCUT2D eigenvalue weighted by Crippen LogP contribution is 2.11. The van der Waals surface area contributed by atoms with Crippen molar-refractivity contribution in [3.8, 4) is 0 Å². The monoisotopic (exact) mass is 600 g/mol. The van der Waals surface area contributed by atoms with Crippen LogP contribution in [0.4, 0.5) is 0 Å². The van der Waals surface area contributed by atoms with E-state index in [2.05, 4.69) is 68.5 Å². The maximum atomic E-state index is 12.1. The molecule has 1 atom stereocenters. The summed E-state index contributed by atoms with van der Waals surface area (Å²) in [5.41, 5.74) is 0. The van der Waals surface area contributed by atoms with Crippen LogP contribution in [0.1, 0.15) is 149 Å². The fourth-order valence-electron chi connectivity index (χ4n) is 4.48. The number of allylic oxidation sites excluding steroid dienone is 10. The lowest BCUT2D eigenvalue weighted by atomic mass is 10.1. The van der Waals surface area contributed by atoms with E-state index in [4.69, 9.17) is 9.47 Å². The molecule has 246 valence electrons. The summed E-state index contributed by atoms with van der Waals surface area (Å²) in [4.78, 5) is 24.1. The second-order valence-corrected chi connectivity index (χ2v) is 11.3. The molecule has 0 aliphatic carbocycles. The Morgan fingerprint density at radius 1 is 0.558 bits per heavy atom. The maximum Gasteiger partial charge on any atom is 0.306 e. The van der Waals surface area contributed by atoms with Gasteiger partial charge in [0.15, 0.2) is 6.10 Å². The van der Waals surface area contributed by atoms with Crippen molar-refractivity contribution in [1.82, 2.24) is 0 Å². The molecule has 0 spiro atoms. The number of unbranched alkanes of at least 4 members (excludes halogenated alkanes) is 15. The molecule has 0 bridgehead atoms. The van der Waals surface area contributed by atoms with Crippen LogP contribution >= 0.6 is 0 Å². The van der Waals surface area contributed by atoms with E-state index in [-0.39, 0.29) is 25.2 Å². The summed E-state index contributed by atoms with van der Waals surface area (Å²) in [6.07, 6.45) is 42.7. The highest BCUT2D eigenvalue weighted by molar-refractivity contribution is 5.70. The molecule has 0 radical (unpaired) electrons. The van der Waals surface area contributed by atoms with Gasteiger partial charge in [-0.3, -0.25) is 9.59 Å². The highest BCUT2D eigenvalue weighted by Gasteiger charge is 2.16. The molecule has 0 rings (SSSR count). The highest BCUT2D eigenvalue weighted by atomic mass is 16.6. The van der Waals surface area contributed by atoms with Crippen LogP contribution in [0, 0.1) is 0 Å². The Kier molecular flexibility index (Phi) is 32.2. The van der Waals surface area contributed by atoms with Crippen LogP contribution in [0.15, 0.2) is 60.8 Å². The van der Waals surface area contributed by atoms with E-state index in [1.807, 2.05) is 6.08 Å². The normalized spacial score (nSPS) is 12.9. The van der Waals surface area contributed by atoms with Gasteiger partial charge in [-0.05, 0) is 57.8 Å². The fourth-order valence-corrected chi connectivity index (χ4v) is 4.48. The third kappa shape index (κ3) is 32.4. The molecule has 5 nitrogen and oxygen atoms in total. The van der Waals surface area contributed by atoms with Gasteiger partial charge in [-0.25, -0.2) is 0 Å². The summed E-state index contributed by atoms with van der Waals surface area (Å²) in [5.74, 6) is -0.653. The van der Waals surface area contributed by atoms with Gasteiger partial charge in [0.05, 0.1) is 6.61 Å². The van der Waals surface area contributed by atoms with Gasteiger partial charge in [-0.1, -0.05) is 139 Å². The number of hydrogen-bond donors (Lipinski definition) is 1. The van der Waals surface area contributed by atoms with Gasteiger partial charge in [0.25, 0.3) is 0 Å². The number of carbonyl (C=O) groups is 2. The molecule has 0 saturated carbocycles. The van der Waals surface area contributed by atoms with E-state index in [1.165, 1.54) is 44.9 Å². The SMILES string of the molecule is CC/C=C/C=C/C=C/CCCCCCCC(=O)OCC(CO)OC(=O)CCCCC/C=C/C=C/CCCCCCCCC. The fraction of sp³-hybridized carbons (Fsp3) is 0.684. The minimum Gasteiger partial charge on any atom is -0.462 e. The molecular formula is C38H64O5. The first-order valence-electron chi connectivity index (χ1n) is 17.4. The smallest absolute Gasteiger partial charge is 0.306 e. The third-order valence-electron chi connectivity index (χ3n) is 7.13. The van der Waals surface area contributed by atoms with Crippen molar-refractivity contribution in [3.05, 3.63) is 60.8 Å². The number of ether oxygens (including phenoxy) is 2. The molecule has 5 heteroatoms. The summed E-state index contributed by atoms with van der Waals surface area (Å²) in [7, 11) is 0. The number of aliphatic hydroxyl groups excluding tert-OH is 1. The van der Waals surface area contributed by atoms with E-state index in [9.17, 15) is 14.7 Å². The van der Waals surface area contributed by atoms with Gasteiger partial charge >= 0.3 is 11.9 Å². The first-order chi connectivity index (χ1) is 21.1. The Morgan fingerprint density at radius 3 is 1.53 bits per heavy atom. The molecule has 0 aromatic rings. The van der Waals surface area contributed by atoms with Crippen molar-refractivity contribution in [3.63, 3.8) is 0 Å². The lowest BCUT2D eigenvalue weighted by molar-refractivity contribution is -0.161. The molecule has 43 heavy (non-hydrogen) atoms. The quantitative estimate of drug-likeness (QED) is 0.0504. The van der Waals surface area contributed by atoms with Crippen LogP contribution in [0.3, 0.4) is 0 Å². The third-order valence-corrected chi connectivity index (χ3v) is 7.13. The Morgan fingerprint density at radius 2 is 1.00 bits per heavy atom. The van der Waals surface area contributed by atoms with Crippen molar-refractivity contribution < 1.29 is 24.2 Å². The summed E-state index contributed by atoms with van der Waals surface area (Å²) >= 11 is 0. The van der Waals surface area contributed by atoms with Gasteiger partial charge in [0, 0.05) is 12.8 Å². The van der Waals surface area contributed by atoms with E-state index in [0.717, 1.165) is 77.0 Å². The Labute approximate surface area is 264 Å². The van der Waals surface area contributed by atoms with Crippen molar-refractivity contribution >= 4 is 11.9 Å². The van der Waals surface area contributed by atoms with Gasteiger partial charge in [0.1, 0.15) is 6.61 Å². The number of hydrogen-bond acceptors (Lipinski definition) is 5. The van der Waals surface area contributed by atoms with Gasteiger partial charge in [-0.15, -0.1) is 0 Å². The number of aliphatic hydroxyl groups is 1. The van der Waals surface area contributed by atoms with Gasteiger partial charge in [-0.2, -0.15) is 0 Å². The Balaban J connectivity index is 3.68. The molecule has 0 aromatic heterocycles. The van der Waals surface area contributed by atoms with Crippen LogP contribution in [-0.4, -0.2) is 36.4 Å². The van der Waals surface area contributed by atoms with Crippen molar-refractivity contribution in [2.45, 2.75) is 155 Å². The molecule has 0 aliphatic rings. The van der Waals surface area contributed by atoms with E-state index in [1.54, 1.807) is 0 Å². The number of carbonyl (C=O) groups excluding carboxylic acids is 2. The second kappa shape index (κ2) is 34.1. The second-order valence-electron chi connectivity index (χ2n) is 11.3. The standard InChI is InChI=1S/C38H64O5/c1-3-5-7-9-11-13-15-17-18-19-21-23-25-27-29-31-33-38(41)43-36(34-39)35-42-37(40)32-30-28-26-24-22-20-16-14-12-10-8-6-4-2/h6,8,10,12,14,16,18-19,21,23,36,39H,3-5,7,9,11,13,15,17,20,22,24-35H2,1-2H3/b8-6+,12-10+,16-14+,19-18+,23-21+. The van der Waals surface area contributed by atoms with Crippen molar-refractivity contribution in [2.24, 2.45) is 0 Å². The summed E-state index contributed by atoms with van der Waals surface area (Å²) in [5, 5.41) is 9.51. The zero-order valence-corrected chi connectivity index (χ0v) is 27.7. The van der Waals surface area contributed by atoms with Crippen LogP contribution in [0.25, 0.3) is 0 Å². The zero-order chi connectivity index (χ0) is 31.5. The number of esters is 2.